The summed E-state index contributed by atoms with van der Waals surface area (Å²) in [6.07, 6.45) is 0. The van der Waals surface area contributed by atoms with Crippen LogP contribution >= 0.6 is 0 Å². The number of aromatic nitrogens is 1. The predicted octanol–water partition coefficient (Wildman–Crippen LogP) is 9.92. The largest absolute Gasteiger partial charge is 0.377 e. The van der Waals surface area contributed by atoms with E-state index in [0.717, 1.165) is 0 Å². The van der Waals surface area contributed by atoms with Gasteiger partial charge < -0.3 is 9.88 Å². The van der Waals surface area contributed by atoms with Crippen LogP contribution in [0.1, 0.15) is 29.7 Å². The number of fused-ring (bicyclic) bond motifs is 4. The second-order valence-electron chi connectivity index (χ2n) is 11.2. The lowest BCUT2D eigenvalue weighted by Gasteiger charge is -2.33. The fraction of sp³-hybridized carbons (Fsp3) is 0.0769. The van der Waals surface area contributed by atoms with Crippen LogP contribution in [0.25, 0.3) is 38.6 Å². The molecule has 41 heavy (non-hydrogen) atoms. The van der Waals surface area contributed by atoms with Crippen molar-refractivity contribution in [3.8, 4) is 16.8 Å². The van der Waals surface area contributed by atoms with E-state index in [9.17, 15) is 0 Å². The molecule has 0 saturated heterocycles. The van der Waals surface area contributed by atoms with Gasteiger partial charge in [0.15, 0.2) is 0 Å². The highest BCUT2D eigenvalue weighted by Gasteiger charge is 2.45. The van der Waals surface area contributed by atoms with Crippen molar-refractivity contribution in [2.45, 2.75) is 18.4 Å². The first-order valence-electron chi connectivity index (χ1n) is 14.3. The molecule has 2 nitrogen and oxygen atoms in total. The molecule has 2 heteroatoms. The fourth-order valence-electron chi connectivity index (χ4n) is 6.92. The van der Waals surface area contributed by atoms with Gasteiger partial charge in [0.25, 0.3) is 0 Å². The number of anilines is 1. The van der Waals surface area contributed by atoms with Gasteiger partial charge in [-0.3, -0.25) is 0 Å². The highest BCUT2D eigenvalue weighted by molar-refractivity contribution is 6.11. The molecule has 8 rings (SSSR count). The number of benzene rings is 6. The molecule has 0 radical (unpaired) electrons. The van der Waals surface area contributed by atoms with Crippen LogP contribution in [0.3, 0.4) is 0 Å². The lowest BCUT2D eigenvalue weighted by atomic mass is 9.71. The van der Waals surface area contributed by atoms with Crippen LogP contribution in [0.5, 0.6) is 0 Å². The molecule has 1 aromatic heterocycles. The van der Waals surface area contributed by atoms with Gasteiger partial charge in [0.1, 0.15) is 0 Å². The molecule has 0 aliphatic carbocycles. The molecular weight excluding hydrogens is 496 g/mol. The maximum absolute atomic E-state index is 3.97. The Morgan fingerprint density at radius 2 is 1.22 bits per heavy atom. The molecule has 1 aliphatic heterocycles. The monoisotopic (exact) mass is 526 g/mol. The second-order valence-corrected chi connectivity index (χ2v) is 11.2. The molecular formula is C39H30N2. The summed E-state index contributed by atoms with van der Waals surface area (Å²) in [5.74, 6) is 0. The molecule has 6 aromatic carbocycles. The number of nitrogens with zero attached hydrogens (tertiary/aromatic N) is 1. The van der Waals surface area contributed by atoms with Crippen LogP contribution in [0.4, 0.5) is 5.69 Å². The smallest absolute Gasteiger partial charge is 0.0649 e. The summed E-state index contributed by atoms with van der Waals surface area (Å²) < 4.78 is 2.44. The van der Waals surface area contributed by atoms with Gasteiger partial charge in [-0.05, 0) is 65.1 Å². The Kier molecular flexibility index (Phi) is 5.36. The van der Waals surface area contributed by atoms with E-state index >= 15 is 0 Å². The maximum atomic E-state index is 3.97. The Hall–Kier alpha value is -5.08. The van der Waals surface area contributed by atoms with Crippen LogP contribution in [0.15, 0.2) is 152 Å². The Balaban J connectivity index is 1.40. The van der Waals surface area contributed by atoms with Gasteiger partial charge in [0, 0.05) is 27.6 Å². The molecule has 1 N–H and O–H groups in total. The molecule has 0 spiro atoms. The average Bonchev–Trinajstić information content (AvgIpc) is 3.53. The molecule has 0 bridgehead atoms. The van der Waals surface area contributed by atoms with Gasteiger partial charge in [-0.15, -0.1) is 0 Å². The van der Waals surface area contributed by atoms with E-state index in [-0.39, 0.29) is 11.5 Å². The van der Waals surface area contributed by atoms with Crippen molar-refractivity contribution < 1.29 is 0 Å². The number of rotatable bonds is 4. The predicted molar refractivity (Wildman–Crippen MR) is 172 cm³/mol. The SMILES string of the molecule is CC1(c2ccccc2)c2cc3c(cc2NC1c1ccccc1)c1ccccc1n3-c1cccc(-c2ccccc2)c1. The summed E-state index contributed by atoms with van der Waals surface area (Å²) in [4.78, 5) is 0. The van der Waals surface area contributed by atoms with Gasteiger partial charge in [-0.25, -0.2) is 0 Å². The van der Waals surface area contributed by atoms with Crippen molar-refractivity contribution >= 4 is 27.5 Å². The van der Waals surface area contributed by atoms with Crippen molar-refractivity contribution in [3.05, 3.63) is 168 Å². The van der Waals surface area contributed by atoms with Crippen LogP contribution < -0.4 is 5.32 Å². The molecule has 2 heterocycles. The normalized spacial score (nSPS) is 17.9. The van der Waals surface area contributed by atoms with E-state index in [4.69, 9.17) is 0 Å². The van der Waals surface area contributed by atoms with E-state index in [1.807, 2.05) is 0 Å². The summed E-state index contributed by atoms with van der Waals surface area (Å²) in [6.45, 7) is 2.40. The first-order valence-corrected chi connectivity index (χ1v) is 14.3. The molecule has 1 aliphatic rings. The zero-order chi connectivity index (χ0) is 27.4. The topological polar surface area (TPSA) is 17.0 Å². The van der Waals surface area contributed by atoms with Gasteiger partial charge in [-0.1, -0.05) is 121 Å². The van der Waals surface area contributed by atoms with Gasteiger partial charge in [0.2, 0.25) is 0 Å². The minimum Gasteiger partial charge on any atom is -0.377 e. The van der Waals surface area contributed by atoms with Crippen LogP contribution in [-0.4, -0.2) is 4.57 Å². The standard InChI is InChI=1S/C39H30N2/c1-39(30-19-9-4-10-20-30)34-26-37-33(25-35(34)40-38(39)28-16-7-3-8-17-28)32-22-11-12-23-36(32)41(37)31-21-13-18-29(24-31)27-14-5-2-6-15-27/h2-26,38,40H,1H3. The molecule has 0 fully saturated rings. The van der Waals surface area contributed by atoms with Gasteiger partial charge >= 0.3 is 0 Å². The summed E-state index contributed by atoms with van der Waals surface area (Å²) in [7, 11) is 0. The zero-order valence-electron chi connectivity index (χ0n) is 23.0. The molecule has 196 valence electrons. The Morgan fingerprint density at radius 3 is 2.00 bits per heavy atom. The lowest BCUT2D eigenvalue weighted by Crippen LogP contribution is -2.30. The number of nitrogens with one attached hydrogen (secondary N) is 1. The van der Waals surface area contributed by atoms with Gasteiger partial charge in [-0.2, -0.15) is 0 Å². The summed E-state index contributed by atoms with van der Waals surface area (Å²) >= 11 is 0. The van der Waals surface area contributed by atoms with Gasteiger partial charge in [0.05, 0.1) is 17.1 Å². The third-order valence-corrected chi connectivity index (χ3v) is 8.97. The quantitative estimate of drug-likeness (QED) is 0.241. The fourth-order valence-corrected chi connectivity index (χ4v) is 6.92. The van der Waals surface area contributed by atoms with E-state index in [2.05, 4.69) is 168 Å². The summed E-state index contributed by atoms with van der Waals surface area (Å²) in [6, 6.07) is 55.1. The minimum atomic E-state index is -0.251. The third kappa shape index (κ3) is 3.64. The van der Waals surface area contributed by atoms with Crippen molar-refractivity contribution in [1.29, 1.82) is 0 Å². The van der Waals surface area contributed by atoms with Crippen molar-refractivity contribution in [2.24, 2.45) is 0 Å². The first kappa shape index (κ1) is 23.8. The van der Waals surface area contributed by atoms with E-state index in [1.54, 1.807) is 0 Å². The Bertz CT molecular complexity index is 2020. The number of para-hydroxylation sites is 1. The Morgan fingerprint density at radius 1 is 0.561 bits per heavy atom. The number of hydrogen-bond donors (Lipinski definition) is 1. The average molecular weight is 527 g/mol. The zero-order valence-corrected chi connectivity index (χ0v) is 23.0. The van der Waals surface area contributed by atoms with Crippen LogP contribution in [0, 0.1) is 0 Å². The third-order valence-electron chi connectivity index (χ3n) is 8.97. The van der Waals surface area contributed by atoms with Crippen molar-refractivity contribution in [2.75, 3.05) is 5.32 Å². The van der Waals surface area contributed by atoms with E-state index < -0.39 is 0 Å². The van der Waals surface area contributed by atoms with Crippen molar-refractivity contribution in [1.82, 2.24) is 4.57 Å². The molecule has 0 saturated carbocycles. The van der Waals surface area contributed by atoms with Crippen LogP contribution in [0.2, 0.25) is 0 Å². The van der Waals surface area contributed by atoms with Crippen LogP contribution in [-0.2, 0) is 5.41 Å². The lowest BCUT2D eigenvalue weighted by molar-refractivity contribution is 0.514. The highest BCUT2D eigenvalue weighted by atomic mass is 15.0. The number of hydrogen-bond acceptors (Lipinski definition) is 1. The maximum Gasteiger partial charge on any atom is 0.0649 e. The van der Waals surface area contributed by atoms with E-state index in [1.165, 1.54) is 61.0 Å². The molecule has 2 atom stereocenters. The van der Waals surface area contributed by atoms with Crippen molar-refractivity contribution in [3.63, 3.8) is 0 Å². The highest BCUT2D eigenvalue weighted by Crippen LogP contribution is 2.54. The minimum absolute atomic E-state index is 0.119. The van der Waals surface area contributed by atoms with E-state index in [0.29, 0.717) is 0 Å². The molecule has 2 unspecified atom stereocenters. The summed E-state index contributed by atoms with van der Waals surface area (Å²) in [5.41, 5.74) is 11.0. The second kappa shape index (κ2) is 9.25. The molecule has 7 aromatic rings. The summed E-state index contributed by atoms with van der Waals surface area (Å²) in [5, 5.41) is 6.50. The Labute approximate surface area is 240 Å². The molecule has 0 amide bonds. The first-order chi connectivity index (χ1) is 20.2.